The minimum absolute atomic E-state index is 0.110. The van der Waals surface area contributed by atoms with Crippen molar-refractivity contribution in [1.29, 1.82) is 0 Å². The summed E-state index contributed by atoms with van der Waals surface area (Å²) >= 11 is 1.72. The Morgan fingerprint density at radius 1 is 0.879 bits per heavy atom. The maximum atomic E-state index is 13.7. The lowest BCUT2D eigenvalue weighted by molar-refractivity contribution is -0.670. The van der Waals surface area contributed by atoms with Crippen molar-refractivity contribution in [3.63, 3.8) is 0 Å². The van der Waals surface area contributed by atoms with E-state index in [0.717, 1.165) is 26.7 Å². The monoisotopic (exact) mass is 450 g/mol. The van der Waals surface area contributed by atoms with E-state index in [9.17, 15) is 4.79 Å². The molecule has 5 aromatic rings. The Hall–Kier alpha value is -3.57. The van der Waals surface area contributed by atoms with Gasteiger partial charge in [0.15, 0.2) is 12.4 Å². The summed E-state index contributed by atoms with van der Waals surface area (Å²) in [7, 11) is 2.05. The van der Waals surface area contributed by atoms with Crippen LogP contribution in [0.4, 0.5) is 11.4 Å². The van der Waals surface area contributed by atoms with Gasteiger partial charge in [0, 0.05) is 39.7 Å². The molecule has 5 heteroatoms. The van der Waals surface area contributed by atoms with Crippen molar-refractivity contribution in [3.05, 3.63) is 90.8 Å². The molecule has 0 spiro atoms. The molecule has 4 nitrogen and oxygen atoms in total. The smallest absolute Gasteiger partial charge is 0.233 e. The Bertz CT molecular complexity index is 1450. The van der Waals surface area contributed by atoms with E-state index in [2.05, 4.69) is 64.8 Å². The van der Waals surface area contributed by atoms with Crippen molar-refractivity contribution in [2.24, 2.45) is 7.05 Å². The average Bonchev–Trinajstić information content (AvgIpc) is 3.12. The van der Waals surface area contributed by atoms with Gasteiger partial charge in [0.1, 0.15) is 7.05 Å². The number of hydrogen-bond donors (Lipinski definition) is 0. The average molecular weight is 451 g/mol. The van der Waals surface area contributed by atoms with E-state index in [0.29, 0.717) is 13.0 Å². The molecule has 3 aromatic carbocycles. The van der Waals surface area contributed by atoms with Crippen LogP contribution in [0.25, 0.3) is 21.8 Å². The van der Waals surface area contributed by atoms with Crippen LogP contribution in [0.3, 0.4) is 0 Å². The van der Waals surface area contributed by atoms with Gasteiger partial charge in [-0.15, -0.1) is 0 Å². The predicted octanol–water partition coefficient (Wildman–Crippen LogP) is 6.15. The van der Waals surface area contributed by atoms with Gasteiger partial charge in [-0.3, -0.25) is 9.69 Å². The molecular formula is C28H24N3OS+. The van der Waals surface area contributed by atoms with E-state index >= 15 is 0 Å². The molecule has 0 N–H and O–H groups in total. The Kier molecular flexibility index (Phi) is 4.73. The summed E-state index contributed by atoms with van der Waals surface area (Å²) in [6.45, 7) is 2.75. The van der Waals surface area contributed by atoms with E-state index < -0.39 is 0 Å². The fraction of sp³-hybridized carbons (Fsp3) is 0.143. The minimum atomic E-state index is 0.110. The van der Waals surface area contributed by atoms with Gasteiger partial charge in [0.25, 0.3) is 0 Å². The van der Waals surface area contributed by atoms with E-state index in [-0.39, 0.29) is 5.91 Å². The van der Waals surface area contributed by atoms with Gasteiger partial charge < -0.3 is 4.57 Å². The molecule has 0 unspecified atom stereocenters. The van der Waals surface area contributed by atoms with Gasteiger partial charge in [-0.2, -0.15) is 0 Å². The molecule has 0 saturated heterocycles. The van der Waals surface area contributed by atoms with Crippen LogP contribution in [0.5, 0.6) is 0 Å². The zero-order valence-corrected chi connectivity index (χ0v) is 19.5. The van der Waals surface area contributed by atoms with Gasteiger partial charge in [0.05, 0.1) is 22.3 Å². The number of para-hydroxylation sites is 2. The number of pyridine rings is 1. The van der Waals surface area contributed by atoms with Crippen molar-refractivity contribution >= 4 is 50.8 Å². The SMILES string of the molecule is Cc1ccc2c(c1)c1c[n+](C)ccc1n2CCC(=O)N1c2ccccc2Sc2ccccc21. The second kappa shape index (κ2) is 7.78. The van der Waals surface area contributed by atoms with Gasteiger partial charge >= 0.3 is 0 Å². The summed E-state index contributed by atoms with van der Waals surface area (Å²) in [4.78, 5) is 17.8. The number of hydrogen-bond acceptors (Lipinski definition) is 2. The number of fused-ring (bicyclic) bond motifs is 5. The van der Waals surface area contributed by atoms with Crippen molar-refractivity contribution in [1.82, 2.24) is 4.57 Å². The molecule has 0 radical (unpaired) electrons. The van der Waals surface area contributed by atoms with Crippen molar-refractivity contribution in [2.75, 3.05) is 4.90 Å². The standard InChI is InChI=1S/C28H24N3OS/c1-19-11-12-22-20(17-19)21-18-29(2)15-13-23(21)30(22)16-14-28(32)31-24-7-3-5-9-26(24)33-27-10-6-4-8-25(27)31/h3-13,15,17-18H,14,16H2,1-2H3/q+1. The minimum Gasteiger partial charge on any atom is -0.340 e. The van der Waals surface area contributed by atoms with Gasteiger partial charge in [-0.1, -0.05) is 47.7 Å². The zero-order chi connectivity index (χ0) is 22.5. The van der Waals surface area contributed by atoms with E-state index in [1.54, 1.807) is 11.8 Å². The number of carbonyl (C=O) groups is 1. The number of benzene rings is 3. The van der Waals surface area contributed by atoms with Crippen LogP contribution in [0, 0.1) is 6.92 Å². The van der Waals surface area contributed by atoms with Crippen molar-refractivity contribution in [3.8, 4) is 0 Å². The van der Waals surface area contributed by atoms with Gasteiger partial charge in [-0.25, -0.2) is 4.57 Å². The Balaban J connectivity index is 1.40. The lowest BCUT2D eigenvalue weighted by Gasteiger charge is -2.31. The summed E-state index contributed by atoms with van der Waals surface area (Å²) < 4.78 is 4.37. The fourth-order valence-corrected chi connectivity index (χ4v) is 5.86. The number of nitrogens with zero attached hydrogens (tertiary/aromatic N) is 3. The number of aryl methyl sites for hydroxylation is 3. The summed E-state index contributed by atoms with van der Waals surface area (Å²) in [6.07, 6.45) is 4.66. The second-order valence-electron chi connectivity index (χ2n) is 8.60. The molecular weight excluding hydrogens is 426 g/mol. The maximum Gasteiger partial charge on any atom is 0.233 e. The predicted molar refractivity (Wildman–Crippen MR) is 134 cm³/mol. The van der Waals surface area contributed by atoms with Crippen LogP contribution in [-0.2, 0) is 18.4 Å². The third kappa shape index (κ3) is 3.31. The van der Waals surface area contributed by atoms with Crippen LogP contribution in [0.15, 0.2) is 95.0 Å². The summed E-state index contributed by atoms with van der Waals surface area (Å²) in [5.74, 6) is 0.110. The molecule has 1 amide bonds. The maximum absolute atomic E-state index is 13.7. The van der Waals surface area contributed by atoms with Gasteiger partial charge in [-0.05, 0) is 43.3 Å². The molecule has 1 aliphatic rings. The van der Waals surface area contributed by atoms with Crippen LogP contribution < -0.4 is 9.47 Å². The fourth-order valence-electron chi connectivity index (χ4n) is 4.80. The van der Waals surface area contributed by atoms with Gasteiger partial charge in [0.2, 0.25) is 5.91 Å². The molecule has 0 fully saturated rings. The van der Waals surface area contributed by atoms with Crippen molar-refractivity contribution in [2.45, 2.75) is 29.7 Å². The topological polar surface area (TPSA) is 29.1 Å². The van der Waals surface area contributed by atoms with E-state index in [1.807, 2.05) is 48.3 Å². The summed E-state index contributed by atoms with van der Waals surface area (Å²) in [5, 5.41) is 2.45. The van der Waals surface area contributed by atoms with Crippen LogP contribution in [0.1, 0.15) is 12.0 Å². The Morgan fingerprint density at radius 3 is 2.27 bits per heavy atom. The number of amides is 1. The first-order chi connectivity index (χ1) is 16.1. The highest BCUT2D eigenvalue weighted by molar-refractivity contribution is 7.99. The second-order valence-corrected chi connectivity index (χ2v) is 9.68. The molecule has 33 heavy (non-hydrogen) atoms. The Labute approximate surface area is 197 Å². The quantitative estimate of drug-likeness (QED) is 0.309. The molecule has 6 rings (SSSR count). The highest BCUT2D eigenvalue weighted by atomic mass is 32.2. The molecule has 2 aromatic heterocycles. The van der Waals surface area contributed by atoms with Crippen LogP contribution in [0.2, 0.25) is 0 Å². The molecule has 0 bridgehead atoms. The molecule has 162 valence electrons. The summed E-state index contributed by atoms with van der Waals surface area (Å²) in [6, 6.07) is 25.0. The van der Waals surface area contributed by atoms with E-state index in [4.69, 9.17) is 0 Å². The van der Waals surface area contributed by atoms with E-state index in [1.165, 1.54) is 21.9 Å². The Morgan fingerprint density at radius 2 is 1.55 bits per heavy atom. The highest BCUT2D eigenvalue weighted by Crippen LogP contribution is 2.48. The first-order valence-corrected chi connectivity index (χ1v) is 12.0. The van der Waals surface area contributed by atoms with Crippen LogP contribution in [-0.4, -0.2) is 10.5 Å². The van der Waals surface area contributed by atoms with Crippen molar-refractivity contribution < 1.29 is 9.36 Å². The van der Waals surface area contributed by atoms with Crippen LogP contribution >= 0.6 is 11.8 Å². The summed E-state index contributed by atoms with van der Waals surface area (Å²) in [5.41, 5.74) is 5.51. The molecule has 0 saturated carbocycles. The first-order valence-electron chi connectivity index (χ1n) is 11.2. The number of aromatic nitrogens is 2. The lowest BCUT2D eigenvalue weighted by Crippen LogP contribution is -2.29. The number of anilines is 2. The third-order valence-electron chi connectivity index (χ3n) is 6.33. The number of rotatable bonds is 3. The normalized spacial score (nSPS) is 12.7. The molecule has 3 heterocycles. The molecule has 1 aliphatic heterocycles. The molecule has 0 aliphatic carbocycles. The molecule has 0 atom stereocenters. The number of carbonyl (C=O) groups excluding carboxylic acids is 1. The largest absolute Gasteiger partial charge is 0.340 e. The zero-order valence-electron chi connectivity index (χ0n) is 18.7. The lowest BCUT2D eigenvalue weighted by atomic mass is 10.1. The third-order valence-corrected chi connectivity index (χ3v) is 7.46. The first kappa shape index (κ1) is 20.1. The highest BCUT2D eigenvalue weighted by Gasteiger charge is 2.27.